The lowest BCUT2D eigenvalue weighted by Crippen LogP contribution is -2.47. The molecule has 0 aromatic rings. The first-order valence-electron chi connectivity index (χ1n) is 6.44. The van der Waals surface area contributed by atoms with Gasteiger partial charge in [0, 0.05) is 19.0 Å². The minimum atomic E-state index is -4.10. The van der Waals surface area contributed by atoms with Gasteiger partial charge < -0.3 is 5.11 Å². The zero-order valence-electron chi connectivity index (χ0n) is 9.97. The molecule has 2 rings (SSSR count). The van der Waals surface area contributed by atoms with E-state index in [2.05, 4.69) is 4.90 Å². The number of alkyl halides is 3. The van der Waals surface area contributed by atoms with Gasteiger partial charge in [0.25, 0.3) is 0 Å². The zero-order chi connectivity index (χ0) is 12.5. The Morgan fingerprint density at radius 1 is 1.24 bits per heavy atom. The summed E-state index contributed by atoms with van der Waals surface area (Å²) in [7, 11) is 0. The van der Waals surface area contributed by atoms with Crippen LogP contribution < -0.4 is 0 Å². The molecule has 1 N–H and O–H groups in total. The first-order valence-corrected chi connectivity index (χ1v) is 6.44. The number of nitrogens with zero attached hydrogens (tertiary/aromatic N) is 1. The van der Waals surface area contributed by atoms with Crippen LogP contribution in [0.1, 0.15) is 44.9 Å². The van der Waals surface area contributed by atoms with Crippen LogP contribution in [0.5, 0.6) is 0 Å². The van der Waals surface area contributed by atoms with E-state index < -0.39 is 18.2 Å². The summed E-state index contributed by atoms with van der Waals surface area (Å²) < 4.78 is 36.3. The maximum atomic E-state index is 12.1. The molecule has 17 heavy (non-hydrogen) atoms. The Balaban J connectivity index is 1.86. The Hall–Kier alpha value is -0.290. The summed E-state index contributed by atoms with van der Waals surface area (Å²) in [6, 6.07) is 0.101. The highest BCUT2D eigenvalue weighted by atomic mass is 19.4. The summed E-state index contributed by atoms with van der Waals surface area (Å²) >= 11 is 0. The van der Waals surface area contributed by atoms with E-state index >= 15 is 0 Å². The number of rotatable bonds is 3. The van der Waals surface area contributed by atoms with Crippen LogP contribution in [0.4, 0.5) is 13.2 Å². The van der Waals surface area contributed by atoms with E-state index in [4.69, 9.17) is 0 Å². The Morgan fingerprint density at radius 2 is 2.00 bits per heavy atom. The van der Waals surface area contributed by atoms with Crippen LogP contribution >= 0.6 is 0 Å². The van der Waals surface area contributed by atoms with Gasteiger partial charge in [-0.3, -0.25) is 4.90 Å². The first-order chi connectivity index (χ1) is 7.91. The molecule has 0 aliphatic carbocycles. The average molecular weight is 251 g/mol. The molecule has 2 saturated heterocycles. The van der Waals surface area contributed by atoms with Gasteiger partial charge in [0.15, 0.2) is 0 Å². The number of hydrogen-bond acceptors (Lipinski definition) is 2. The lowest BCUT2D eigenvalue weighted by Gasteiger charge is -2.37. The molecule has 2 unspecified atom stereocenters. The molecule has 0 spiro atoms. The molecule has 100 valence electrons. The summed E-state index contributed by atoms with van der Waals surface area (Å²) in [5.41, 5.74) is -0.869. The zero-order valence-corrected chi connectivity index (χ0v) is 9.97. The average Bonchev–Trinajstić information content (AvgIpc) is 2.56. The molecule has 0 amide bonds. The number of fused-ring (bicyclic) bond motifs is 1. The molecule has 0 aromatic heterocycles. The molecule has 0 saturated carbocycles. The maximum Gasteiger partial charge on any atom is 0.389 e. The Bertz CT molecular complexity index is 269. The van der Waals surface area contributed by atoms with Crippen molar-refractivity contribution in [1.29, 1.82) is 0 Å². The highest BCUT2D eigenvalue weighted by molar-refractivity contribution is 5.01. The smallest absolute Gasteiger partial charge is 0.388 e. The van der Waals surface area contributed by atoms with Crippen LogP contribution in [0.25, 0.3) is 0 Å². The predicted molar refractivity (Wildman–Crippen MR) is 58.7 cm³/mol. The standard InChI is InChI=1S/C12H20F3NO/c13-12(14,15)6-3-5-11(17)7-9-16-8-2-1-4-10(11)16/h10,17H,1-9H2. The summed E-state index contributed by atoms with van der Waals surface area (Å²) in [6.45, 7) is 1.83. The maximum absolute atomic E-state index is 12.1. The van der Waals surface area contributed by atoms with E-state index in [9.17, 15) is 18.3 Å². The van der Waals surface area contributed by atoms with E-state index in [1.165, 1.54) is 0 Å². The normalized spacial score (nSPS) is 34.9. The van der Waals surface area contributed by atoms with Gasteiger partial charge in [-0.2, -0.15) is 13.2 Å². The molecule has 2 fully saturated rings. The monoisotopic (exact) mass is 251 g/mol. The molecular formula is C12H20F3NO. The fourth-order valence-corrected chi connectivity index (χ4v) is 3.26. The van der Waals surface area contributed by atoms with Gasteiger partial charge in [-0.25, -0.2) is 0 Å². The molecule has 2 aliphatic heterocycles. The third kappa shape index (κ3) is 3.13. The molecule has 2 atom stereocenters. The molecular weight excluding hydrogens is 231 g/mol. The lowest BCUT2D eigenvalue weighted by atomic mass is 9.85. The molecule has 2 aliphatic rings. The third-order valence-electron chi connectivity index (χ3n) is 4.14. The van der Waals surface area contributed by atoms with Gasteiger partial charge in [-0.05, 0) is 38.6 Å². The van der Waals surface area contributed by atoms with Crippen LogP contribution in [0.15, 0.2) is 0 Å². The first kappa shape index (κ1) is 13.1. The van der Waals surface area contributed by atoms with Gasteiger partial charge >= 0.3 is 6.18 Å². The lowest BCUT2D eigenvalue weighted by molar-refractivity contribution is -0.138. The van der Waals surface area contributed by atoms with Crippen molar-refractivity contribution in [2.24, 2.45) is 0 Å². The highest BCUT2D eigenvalue weighted by Gasteiger charge is 2.46. The van der Waals surface area contributed by atoms with Gasteiger partial charge in [-0.1, -0.05) is 6.42 Å². The van der Waals surface area contributed by atoms with Crippen LogP contribution in [-0.4, -0.2) is 40.9 Å². The minimum absolute atomic E-state index is 0.0460. The van der Waals surface area contributed by atoms with E-state index in [0.29, 0.717) is 6.42 Å². The van der Waals surface area contributed by atoms with E-state index in [1.807, 2.05) is 0 Å². The van der Waals surface area contributed by atoms with Crippen molar-refractivity contribution in [1.82, 2.24) is 4.90 Å². The summed E-state index contributed by atoms with van der Waals surface area (Å²) in [5.74, 6) is 0. The minimum Gasteiger partial charge on any atom is -0.388 e. The molecule has 5 heteroatoms. The number of halogens is 3. The van der Waals surface area contributed by atoms with Crippen molar-refractivity contribution in [2.45, 2.75) is 62.8 Å². The fourth-order valence-electron chi connectivity index (χ4n) is 3.26. The highest BCUT2D eigenvalue weighted by Crippen LogP contribution is 2.39. The molecule has 2 heterocycles. The predicted octanol–water partition coefficient (Wildman–Crippen LogP) is 2.71. The second-order valence-corrected chi connectivity index (χ2v) is 5.37. The van der Waals surface area contributed by atoms with Gasteiger partial charge in [0.05, 0.1) is 5.60 Å². The summed E-state index contributed by atoms with van der Waals surface area (Å²) in [6.07, 6.45) is -0.739. The largest absolute Gasteiger partial charge is 0.389 e. The molecule has 0 bridgehead atoms. The van der Waals surface area contributed by atoms with Crippen molar-refractivity contribution in [3.63, 3.8) is 0 Å². The SMILES string of the molecule is OC1(CCCC(F)(F)F)CCN2CCCCC21. The van der Waals surface area contributed by atoms with E-state index in [-0.39, 0.29) is 18.9 Å². The van der Waals surface area contributed by atoms with Crippen LogP contribution in [0, 0.1) is 0 Å². The van der Waals surface area contributed by atoms with E-state index in [0.717, 1.165) is 32.4 Å². The Kier molecular flexibility index (Phi) is 3.69. The second kappa shape index (κ2) is 4.76. The second-order valence-electron chi connectivity index (χ2n) is 5.37. The van der Waals surface area contributed by atoms with Crippen molar-refractivity contribution in [2.75, 3.05) is 13.1 Å². The number of piperidine rings is 1. The van der Waals surface area contributed by atoms with E-state index in [1.54, 1.807) is 0 Å². The van der Waals surface area contributed by atoms with Crippen LogP contribution in [0.3, 0.4) is 0 Å². The molecule has 0 radical (unpaired) electrons. The Labute approximate surface area is 99.8 Å². The molecule has 2 nitrogen and oxygen atoms in total. The van der Waals surface area contributed by atoms with Gasteiger partial charge in [0.2, 0.25) is 0 Å². The van der Waals surface area contributed by atoms with Crippen LogP contribution in [-0.2, 0) is 0 Å². The quantitative estimate of drug-likeness (QED) is 0.833. The Morgan fingerprint density at radius 3 is 2.71 bits per heavy atom. The van der Waals surface area contributed by atoms with Crippen molar-refractivity contribution >= 4 is 0 Å². The third-order valence-corrected chi connectivity index (χ3v) is 4.14. The number of hydrogen-bond donors (Lipinski definition) is 1. The summed E-state index contributed by atoms with van der Waals surface area (Å²) in [5, 5.41) is 10.5. The van der Waals surface area contributed by atoms with Crippen molar-refractivity contribution in [3.05, 3.63) is 0 Å². The van der Waals surface area contributed by atoms with Crippen molar-refractivity contribution in [3.8, 4) is 0 Å². The number of aliphatic hydroxyl groups is 1. The fraction of sp³-hybridized carbons (Fsp3) is 1.00. The van der Waals surface area contributed by atoms with Gasteiger partial charge in [0.1, 0.15) is 0 Å². The van der Waals surface area contributed by atoms with Crippen LogP contribution in [0.2, 0.25) is 0 Å². The molecule has 0 aromatic carbocycles. The topological polar surface area (TPSA) is 23.5 Å². The van der Waals surface area contributed by atoms with Crippen molar-refractivity contribution < 1.29 is 18.3 Å². The van der Waals surface area contributed by atoms with Gasteiger partial charge in [-0.15, -0.1) is 0 Å². The summed E-state index contributed by atoms with van der Waals surface area (Å²) in [4.78, 5) is 2.25.